The molecule has 0 saturated heterocycles. The highest BCUT2D eigenvalue weighted by atomic mass is 35.5. The standard InChI is InChI=1S/C15H10ClFN2/c16-13-7-6-12(10-14(13)17)19-15(8-9-18-19)11-4-2-1-3-5-11/h1-10H. The van der Waals surface area contributed by atoms with Gasteiger partial charge in [0.1, 0.15) is 5.82 Å². The van der Waals surface area contributed by atoms with Crippen LogP contribution in [0.1, 0.15) is 0 Å². The first-order chi connectivity index (χ1) is 9.25. The number of nitrogens with zero attached hydrogens (tertiary/aromatic N) is 2. The van der Waals surface area contributed by atoms with E-state index in [0.717, 1.165) is 11.3 Å². The van der Waals surface area contributed by atoms with Gasteiger partial charge in [0.25, 0.3) is 0 Å². The van der Waals surface area contributed by atoms with Crippen LogP contribution in [-0.2, 0) is 0 Å². The minimum absolute atomic E-state index is 0.108. The van der Waals surface area contributed by atoms with Gasteiger partial charge < -0.3 is 0 Å². The first kappa shape index (κ1) is 11.9. The summed E-state index contributed by atoms with van der Waals surface area (Å²) in [7, 11) is 0. The summed E-state index contributed by atoms with van der Waals surface area (Å²) in [5.41, 5.74) is 2.57. The molecule has 19 heavy (non-hydrogen) atoms. The van der Waals surface area contributed by atoms with Gasteiger partial charge in [0, 0.05) is 11.6 Å². The normalized spacial score (nSPS) is 10.6. The summed E-state index contributed by atoms with van der Waals surface area (Å²) in [5, 5.41) is 4.35. The van der Waals surface area contributed by atoms with Crippen LogP contribution >= 0.6 is 11.6 Å². The number of hydrogen-bond acceptors (Lipinski definition) is 1. The van der Waals surface area contributed by atoms with Gasteiger partial charge >= 0.3 is 0 Å². The largest absolute Gasteiger partial charge is 0.233 e. The Bertz CT molecular complexity index is 707. The molecule has 1 heterocycles. The molecule has 0 radical (unpaired) electrons. The highest BCUT2D eigenvalue weighted by Crippen LogP contribution is 2.24. The summed E-state index contributed by atoms with van der Waals surface area (Å²) >= 11 is 5.69. The minimum Gasteiger partial charge on any atom is -0.233 e. The second-order valence-electron chi connectivity index (χ2n) is 4.09. The third kappa shape index (κ3) is 2.25. The van der Waals surface area contributed by atoms with Crippen LogP contribution in [0.5, 0.6) is 0 Å². The van der Waals surface area contributed by atoms with Gasteiger partial charge in [-0.1, -0.05) is 41.9 Å². The van der Waals surface area contributed by atoms with E-state index in [1.807, 2.05) is 36.4 Å². The van der Waals surface area contributed by atoms with E-state index >= 15 is 0 Å². The van der Waals surface area contributed by atoms with E-state index < -0.39 is 5.82 Å². The summed E-state index contributed by atoms with van der Waals surface area (Å²) in [4.78, 5) is 0. The molecule has 3 aromatic rings. The van der Waals surface area contributed by atoms with Crippen molar-refractivity contribution in [2.75, 3.05) is 0 Å². The minimum atomic E-state index is -0.450. The molecule has 0 bridgehead atoms. The Kier molecular flexibility index (Phi) is 3.05. The van der Waals surface area contributed by atoms with Gasteiger partial charge in [-0.2, -0.15) is 5.10 Å². The molecule has 0 N–H and O–H groups in total. The summed E-state index contributed by atoms with van der Waals surface area (Å²) in [6.07, 6.45) is 1.69. The monoisotopic (exact) mass is 272 g/mol. The first-order valence-corrected chi connectivity index (χ1v) is 6.18. The van der Waals surface area contributed by atoms with Crippen molar-refractivity contribution in [1.82, 2.24) is 9.78 Å². The van der Waals surface area contributed by atoms with Crippen LogP contribution in [0.3, 0.4) is 0 Å². The zero-order valence-electron chi connectivity index (χ0n) is 9.92. The van der Waals surface area contributed by atoms with Gasteiger partial charge in [0.15, 0.2) is 0 Å². The molecule has 0 aliphatic carbocycles. The highest BCUT2D eigenvalue weighted by molar-refractivity contribution is 6.30. The summed E-state index contributed by atoms with van der Waals surface area (Å²) in [6, 6.07) is 16.4. The molecule has 0 aliphatic heterocycles. The van der Waals surface area contributed by atoms with E-state index in [9.17, 15) is 4.39 Å². The van der Waals surface area contributed by atoms with Crippen molar-refractivity contribution in [3.8, 4) is 16.9 Å². The van der Waals surface area contributed by atoms with Gasteiger partial charge in [-0.05, 0) is 18.2 Å². The molecular weight excluding hydrogens is 263 g/mol. The molecule has 4 heteroatoms. The van der Waals surface area contributed by atoms with Crippen LogP contribution in [0.25, 0.3) is 16.9 Å². The van der Waals surface area contributed by atoms with Crippen LogP contribution in [0.2, 0.25) is 5.02 Å². The Labute approximate surface area is 115 Å². The molecule has 0 saturated carbocycles. The molecule has 1 aromatic heterocycles. The van der Waals surface area contributed by atoms with E-state index in [-0.39, 0.29) is 5.02 Å². The lowest BCUT2D eigenvalue weighted by atomic mass is 10.1. The smallest absolute Gasteiger partial charge is 0.143 e. The molecule has 0 spiro atoms. The van der Waals surface area contributed by atoms with E-state index in [0.29, 0.717) is 5.69 Å². The zero-order chi connectivity index (χ0) is 13.2. The van der Waals surface area contributed by atoms with Crippen molar-refractivity contribution in [3.05, 3.63) is 71.6 Å². The molecule has 0 fully saturated rings. The molecule has 0 aliphatic rings. The number of rotatable bonds is 2. The fraction of sp³-hybridized carbons (Fsp3) is 0. The maximum atomic E-state index is 13.5. The highest BCUT2D eigenvalue weighted by Gasteiger charge is 2.09. The molecule has 94 valence electrons. The van der Waals surface area contributed by atoms with E-state index in [1.54, 1.807) is 16.9 Å². The Morgan fingerprint density at radius 3 is 2.53 bits per heavy atom. The maximum absolute atomic E-state index is 13.5. The van der Waals surface area contributed by atoms with Crippen LogP contribution < -0.4 is 0 Å². The molecule has 2 nitrogen and oxygen atoms in total. The zero-order valence-corrected chi connectivity index (χ0v) is 10.7. The number of hydrogen-bond donors (Lipinski definition) is 0. The fourth-order valence-corrected chi connectivity index (χ4v) is 2.07. The predicted octanol–water partition coefficient (Wildman–Crippen LogP) is 4.33. The van der Waals surface area contributed by atoms with Gasteiger partial charge in [0.05, 0.1) is 22.6 Å². The third-order valence-electron chi connectivity index (χ3n) is 2.86. The topological polar surface area (TPSA) is 17.8 Å². The Hall–Kier alpha value is -2.13. The Balaban J connectivity index is 2.12. The van der Waals surface area contributed by atoms with Gasteiger partial charge in [-0.15, -0.1) is 0 Å². The Morgan fingerprint density at radius 1 is 1.00 bits per heavy atom. The van der Waals surface area contributed by atoms with Crippen LogP contribution in [-0.4, -0.2) is 9.78 Å². The number of benzene rings is 2. The third-order valence-corrected chi connectivity index (χ3v) is 3.17. The summed E-state index contributed by atoms with van der Waals surface area (Å²) < 4.78 is 15.2. The molecule has 2 aromatic carbocycles. The SMILES string of the molecule is Fc1cc(-n2nccc2-c2ccccc2)ccc1Cl. The quantitative estimate of drug-likeness (QED) is 0.679. The lowest BCUT2D eigenvalue weighted by Crippen LogP contribution is -1.99. The van der Waals surface area contributed by atoms with E-state index in [1.165, 1.54) is 12.1 Å². The fourth-order valence-electron chi connectivity index (χ4n) is 1.95. The van der Waals surface area contributed by atoms with Crippen LogP contribution in [0.15, 0.2) is 60.8 Å². The molecular formula is C15H10ClFN2. The summed E-state index contributed by atoms with van der Waals surface area (Å²) in [6.45, 7) is 0. The summed E-state index contributed by atoms with van der Waals surface area (Å²) in [5.74, 6) is -0.450. The van der Waals surface area contributed by atoms with Crippen molar-refractivity contribution in [2.45, 2.75) is 0 Å². The average molecular weight is 273 g/mol. The predicted molar refractivity (Wildman–Crippen MR) is 74.0 cm³/mol. The van der Waals surface area contributed by atoms with E-state index in [4.69, 9.17) is 11.6 Å². The molecule has 0 amide bonds. The van der Waals surface area contributed by atoms with Crippen molar-refractivity contribution in [2.24, 2.45) is 0 Å². The van der Waals surface area contributed by atoms with Crippen LogP contribution in [0.4, 0.5) is 4.39 Å². The molecule has 3 rings (SSSR count). The van der Waals surface area contributed by atoms with Gasteiger partial charge in [-0.3, -0.25) is 0 Å². The van der Waals surface area contributed by atoms with Crippen LogP contribution in [0, 0.1) is 5.82 Å². The molecule has 0 unspecified atom stereocenters. The number of aromatic nitrogens is 2. The van der Waals surface area contributed by atoms with Crippen molar-refractivity contribution >= 4 is 11.6 Å². The average Bonchev–Trinajstić information content (AvgIpc) is 2.92. The van der Waals surface area contributed by atoms with Gasteiger partial charge in [0.2, 0.25) is 0 Å². The number of halogens is 2. The van der Waals surface area contributed by atoms with Gasteiger partial charge in [-0.25, -0.2) is 9.07 Å². The maximum Gasteiger partial charge on any atom is 0.143 e. The van der Waals surface area contributed by atoms with E-state index in [2.05, 4.69) is 5.10 Å². The van der Waals surface area contributed by atoms with Crippen molar-refractivity contribution in [3.63, 3.8) is 0 Å². The lowest BCUT2D eigenvalue weighted by molar-refractivity contribution is 0.626. The van der Waals surface area contributed by atoms with Crippen molar-refractivity contribution < 1.29 is 4.39 Å². The lowest BCUT2D eigenvalue weighted by Gasteiger charge is -2.08. The van der Waals surface area contributed by atoms with Crippen molar-refractivity contribution in [1.29, 1.82) is 0 Å². The Morgan fingerprint density at radius 2 is 1.79 bits per heavy atom. The second kappa shape index (κ2) is 4.86. The first-order valence-electron chi connectivity index (χ1n) is 5.80. The molecule has 0 atom stereocenters. The second-order valence-corrected chi connectivity index (χ2v) is 4.50.